The molecule has 15 heavy (non-hydrogen) atoms. The van der Waals surface area contributed by atoms with Crippen molar-refractivity contribution in [3.63, 3.8) is 0 Å². The van der Waals surface area contributed by atoms with E-state index >= 15 is 0 Å². The van der Waals surface area contributed by atoms with Crippen molar-refractivity contribution in [2.24, 2.45) is 7.05 Å². The molecule has 0 fully saturated rings. The van der Waals surface area contributed by atoms with Crippen LogP contribution in [0.1, 0.15) is 0 Å². The molecule has 2 aromatic rings. The van der Waals surface area contributed by atoms with Gasteiger partial charge in [0.2, 0.25) is 5.91 Å². The van der Waals surface area contributed by atoms with Crippen molar-refractivity contribution in [3.8, 4) is 0 Å². The number of carbonyl (C=O) groups is 1. The lowest BCUT2D eigenvalue weighted by molar-refractivity contribution is -0.116. The predicted octanol–water partition coefficient (Wildman–Crippen LogP) is 0.255. The summed E-state index contributed by atoms with van der Waals surface area (Å²) in [5, 5.41) is 10.6. The van der Waals surface area contributed by atoms with Crippen LogP contribution in [-0.4, -0.2) is 25.5 Å². The van der Waals surface area contributed by atoms with Gasteiger partial charge in [-0.1, -0.05) is 0 Å². The van der Waals surface area contributed by atoms with Crippen molar-refractivity contribution in [3.05, 3.63) is 30.9 Å². The normalized spacial score (nSPS) is 10.2. The fourth-order valence-corrected chi connectivity index (χ4v) is 1.23. The minimum Gasteiger partial charge on any atom is -0.322 e. The Kier molecular flexibility index (Phi) is 2.49. The molecule has 2 rings (SSSR count). The van der Waals surface area contributed by atoms with Gasteiger partial charge in [0.1, 0.15) is 6.54 Å². The first-order valence-electron chi connectivity index (χ1n) is 4.50. The molecule has 6 nitrogen and oxygen atoms in total. The summed E-state index contributed by atoms with van der Waals surface area (Å²) >= 11 is 0. The third kappa shape index (κ3) is 2.43. The van der Waals surface area contributed by atoms with Crippen LogP contribution in [0, 0.1) is 0 Å². The molecule has 0 saturated carbocycles. The Labute approximate surface area is 86.5 Å². The number of carbonyl (C=O) groups excluding carboxylic acids is 1. The van der Waals surface area contributed by atoms with Crippen molar-refractivity contribution in [2.75, 3.05) is 5.32 Å². The first-order valence-corrected chi connectivity index (χ1v) is 4.50. The van der Waals surface area contributed by atoms with Gasteiger partial charge in [-0.25, -0.2) is 0 Å². The number of aryl methyl sites for hydroxylation is 1. The summed E-state index contributed by atoms with van der Waals surface area (Å²) in [4.78, 5) is 11.5. The molecule has 0 atom stereocenters. The largest absolute Gasteiger partial charge is 0.322 e. The average Bonchev–Trinajstić information content (AvgIpc) is 2.77. The van der Waals surface area contributed by atoms with E-state index in [2.05, 4.69) is 15.5 Å². The summed E-state index contributed by atoms with van der Waals surface area (Å²) < 4.78 is 3.19. The van der Waals surface area contributed by atoms with Gasteiger partial charge in [0, 0.05) is 25.6 Å². The molecule has 1 amide bonds. The quantitative estimate of drug-likeness (QED) is 0.781. The van der Waals surface area contributed by atoms with Crippen LogP contribution in [0.3, 0.4) is 0 Å². The molecule has 0 aliphatic rings. The van der Waals surface area contributed by atoms with E-state index in [0.29, 0.717) is 5.69 Å². The Morgan fingerprint density at radius 3 is 3.00 bits per heavy atom. The van der Waals surface area contributed by atoms with Crippen LogP contribution in [0.2, 0.25) is 0 Å². The summed E-state index contributed by atoms with van der Waals surface area (Å²) in [6, 6.07) is 1.78. The summed E-state index contributed by atoms with van der Waals surface area (Å²) in [6.07, 6.45) is 6.71. The van der Waals surface area contributed by atoms with Crippen LogP contribution in [-0.2, 0) is 18.4 Å². The second kappa shape index (κ2) is 3.95. The van der Waals surface area contributed by atoms with Crippen molar-refractivity contribution in [2.45, 2.75) is 6.54 Å². The van der Waals surface area contributed by atoms with Crippen molar-refractivity contribution in [1.82, 2.24) is 19.6 Å². The maximum absolute atomic E-state index is 11.5. The molecule has 0 unspecified atom stereocenters. The van der Waals surface area contributed by atoms with E-state index in [4.69, 9.17) is 0 Å². The highest BCUT2D eigenvalue weighted by atomic mass is 16.2. The standard InChI is InChI=1S/C9H11N5O/c1-13-6-8(5-11-13)12-9(15)7-14-4-2-3-10-14/h2-6H,7H2,1H3,(H,12,15). The number of nitrogens with zero attached hydrogens (tertiary/aromatic N) is 4. The third-order valence-electron chi connectivity index (χ3n) is 1.85. The Morgan fingerprint density at radius 2 is 2.40 bits per heavy atom. The first kappa shape index (κ1) is 9.45. The number of amides is 1. The van der Waals surface area contributed by atoms with Crippen LogP contribution >= 0.6 is 0 Å². The Bertz CT molecular complexity index is 445. The monoisotopic (exact) mass is 205 g/mol. The lowest BCUT2D eigenvalue weighted by atomic mass is 10.5. The third-order valence-corrected chi connectivity index (χ3v) is 1.85. The van der Waals surface area contributed by atoms with E-state index in [1.807, 2.05) is 0 Å². The van der Waals surface area contributed by atoms with Gasteiger partial charge >= 0.3 is 0 Å². The number of nitrogens with one attached hydrogen (secondary N) is 1. The molecule has 6 heteroatoms. The second-order valence-corrected chi connectivity index (χ2v) is 3.15. The Hall–Kier alpha value is -2.11. The Balaban J connectivity index is 1.93. The number of aromatic nitrogens is 4. The highest BCUT2D eigenvalue weighted by molar-refractivity contribution is 5.90. The zero-order chi connectivity index (χ0) is 10.7. The molecule has 78 valence electrons. The van der Waals surface area contributed by atoms with Crippen LogP contribution < -0.4 is 5.32 Å². The van der Waals surface area contributed by atoms with Crippen molar-refractivity contribution < 1.29 is 4.79 Å². The molecule has 2 heterocycles. The van der Waals surface area contributed by atoms with E-state index in [0.717, 1.165) is 0 Å². The molecule has 0 bridgehead atoms. The minimum atomic E-state index is -0.119. The van der Waals surface area contributed by atoms with Gasteiger partial charge < -0.3 is 5.32 Å². The maximum atomic E-state index is 11.5. The van der Waals surface area contributed by atoms with E-state index < -0.39 is 0 Å². The van der Waals surface area contributed by atoms with Gasteiger partial charge in [-0.15, -0.1) is 0 Å². The van der Waals surface area contributed by atoms with Crippen molar-refractivity contribution >= 4 is 11.6 Å². The lowest BCUT2D eigenvalue weighted by Crippen LogP contribution is -2.18. The maximum Gasteiger partial charge on any atom is 0.246 e. The molecule has 0 radical (unpaired) electrons. The number of hydrogen-bond donors (Lipinski definition) is 1. The molecule has 1 N–H and O–H groups in total. The van der Waals surface area contributed by atoms with Gasteiger partial charge in [0.05, 0.1) is 11.9 Å². The zero-order valence-corrected chi connectivity index (χ0v) is 8.29. The smallest absolute Gasteiger partial charge is 0.246 e. The lowest BCUT2D eigenvalue weighted by Gasteiger charge is -2.01. The van der Waals surface area contributed by atoms with Crippen molar-refractivity contribution in [1.29, 1.82) is 0 Å². The number of anilines is 1. The first-order chi connectivity index (χ1) is 7.24. The van der Waals surface area contributed by atoms with Gasteiger partial charge in [-0.2, -0.15) is 10.2 Å². The predicted molar refractivity (Wildman–Crippen MR) is 54.1 cm³/mol. The molecular weight excluding hydrogens is 194 g/mol. The summed E-state index contributed by atoms with van der Waals surface area (Å²) in [5.41, 5.74) is 0.689. The van der Waals surface area contributed by atoms with Crippen LogP contribution in [0.4, 0.5) is 5.69 Å². The summed E-state index contributed by atoms with van der Waals surface area (Å²) in [6.45, 7) is 0.210. The number of rotatable bonds is 3. The summed E-state index contributed by atoms with van der Waals surface area (Å²) in [7, 11) is 1.79. The molecule has 0 aliphatic heterocycles. The van der Waals surface area contributed by atoms with Gasteiger partial charge in [0.25, 0.3) is 0 Å². The molecule has 2 aromatic heterocycles. The fraction of sp³-hybridized carbons (Fsp3) is 0.222. The van der Waals surface area contributed by atoms with E-state index in [-0.39, 0.29) is 12.5 Å². The molecule has 0 aliphatic carbocycles. The second-order valence-electron chi connectivity index (χ2n) is 3.15. The van der Waals surface area contributed by atoms with Gasteiger partial charge in [-0.3, -0.25) is 14.2 Å². The molecule has 0 aromatic carbocycles. The highest BCUT2D eigenvalue weighted by Crippen LogP contribution is 2.03. The van der Waals surface area contributed by atoms with Crippen LogP contribution in [0.5, 0.6) is 0 Å². The molecule has 0 saturated heterocycles. The van der Waals surface area contributed by atoms with Gasteiger partial charge in [-0.05, 0) is 6.07 Å². The van der Waals surface area contributed by atoms with Gasteiger partial charge in [0.15, 0.2) is 0 Å². The minimum absolute atomic E-state index is 0.119. The van der Waals surface area contributed by atoms with Crippen LogP contribution in [0.25, 0.3) is 0 Å². The average molecular weight is 205 g/mol. The zero-order valence-electron chi connectivity index (χ0n) is 8.29. The molecular formula is C9H11N5O. The van der Waals surface area contributed by atoms with Crippen LogP contribution in [0.15, 0.2) is 30.9 Å². The topological polar surface area (TPSA) is 64.7 Å². The molecule has 0 spiro atoms. The highest BCUT2D eigenvalue weighted by Gasteiger charge is 2.04. The fourth-order valence-electron chi connectivity index (χ4n) is 1.23. The van der Waals surface area contributed by atoms with E-state index in [9.17, 15) is 4.79 Å². The summed E-state index contributed by atoms with van der Waals surface area (Å²) in [5.74, 6) is -0.119. The number of hydrogen-bond acceptors (Lipinski definition) is 3. The van der Waals surface area contributed by atoms with E-state index in [1.165, 1.54) is 0 Å². The Morgan fingerprint density at radius 1 is 1.53 bits per heavy atom. The van der Waals surface area contributed by atoms with E-state index in [1.54, 1.807) is 47.3 Å². The SMILES string of the molecule is Cn1cc(NC(=O)Cn2cccn2)cn1.